The number of aryl methyl sites for hydroxylation is 1. The molecule has 1 aromatic rings. The van der Waals surface area contributed by atoms with Crippen molar-refractivity contribution in [2.24, 2.45) is 17.6 Å². The van der Waals surface area contributed by atoms with Gasteiger partial charge in [-0.2, -0.15) is 0 Å². The normalized spacial score (nSPS) is 22.0. The van der Waals surface area contributed by atoms with Crippen molar-refractivity contribution in [3.63, 3.8) is 0 Å². The monoisotopic (exact) mass is 311 g/mol. The van der Waals surface area contributed by atoms with Gasteiger partial charge in [0.2, 0.25) is 5.91 Å². The second-order valence-electron chi connectivity index (χ2n) is 5.50. The van der Waals surface area contributed by atoms with E-state index in [1.54, 1.807) is 6.92 Å². The third-order valence-corrected chi connectivity index (χ3v) is 5.15. The van der Waals surface area contributed by atoms with E-state index >= 15 is 0 Å². The van der Waals surface area contributed by atoms with E-state index in [9.17, 15) is 9.59 Å². The van der Waals surface area contributed by atoms with Crippen molar-refractivity contribution < 1.29 is 14.7 Å². The number of nitrogens with two attached hydrogens (primary N) is 1. The molecule has 1 aliphatic carbocycles. The average Bonchev–Trinajstić information content (AvgIpc) is 2.86. The van der Waals surface area contributed by atoms with Crippen LogP contribution < -0.4 is 11.1 Å². The number of nitrogens with zero attached hydrogens (tertiary/aromatic N) is 1. The van der Waals surface area contributed by atoms with Crippen LogP contribution in [0.2, 0.25) is 0 Å². The van der Waals surface area contributed by atoms with E-state index in [-0.39, 0.29) is 16.7 Å². The number of aromatic nitrogens is 1. The molecule has 2 rings (SSSR count). The van der Waals surface area contributed by atoms with Crippen molar-refractivity contribution in [2.75, 3.05) is 6.54 Å². The Morgan fingerprint density at radius 3 is 2.57 bits per heavy atom. The number of carboxylic acid groups (broad SMARTS) is 1. The van der Waals surface area contributed by atoms with Crippen molar-refractivity contribution >= 4 is 23.2 Å². The van der Waals surface area contributed by atoms with Gasteiger partial charge < -0.3 is 16.2 Å². The van der Waals surface area contributed by atoms with E-state index in [4.69, 9.17) is 10.8 Å². The molecule has 0 aliphatic heterocycles. The molecule has 1 heterocycles. The third kappa shape index (κ3) is 4.01. The van der Waals surface area contributed by atoms with Gasteiger partial charge in [0, 0.05) is 5.92 Å². The number of carboxylic acids is 1. The van der Waals surface area contributed by atoms with Gasteiger partial charge in [-0.3, -0.25) is 4.79 Å². The second-order valence-corrected chi connectivity index (χ2v) is 6.58. The van der Waals surface area contributed by atoms with Gasteiger partial charge in [-0.1, -0.05) is 0 Å². The Morgan fingerprint density at radius 2 is 2.05 bits per heavy atom. The van der Waals surface area contributed by atoms with E-state index in [1.807, 2.05) is 0 Å². The van der Waals surface area contributed by atoms with Gasteiger partial charge in [0.25, 0.3) is 0 Å². The van der Waals surface area contributed by atoms with Crippen LogP contribution in [0.5, 0.6) is 0 Å². The Bertz CT molecular complexity index is 522. The summed E-state index contributed by atoms with van der Waals surface area (Å²) in [7, 11) is 0. The molecule has 0 radical (unpaired) electrons. The van der Waals surface area contributed by atoms with Crippen molar-refractivity contribution in [1.82, 2.24) is 10.3 Å². The summed E-state index contributed by atoms with van der Waals surface area (Å²) in [5, 5.41) is 12.5. The van der Waals surface area contributed by atoms with Crippen LogP contribution >= 0.6 is 11.3 Å². The summed E-state index contributed by atoms with van der Waals surface area (Å²) >= 11 is 1.12. The highest BCUT2D eigenvalue weighted by Crippen LogP contribution is 2.28. The first-order valence-electron chi connectivity index (χ1n) is 7.18. The molecular weight excluding hydrogens is 290 g/mol. The fourth-order valence-electron chi connectivity index (χ4n) is 2.69. The number of hydrogen-bond donors (Lipinski definition) is 3. The molecule has 1 amide bonds. The molecule has 21 heavy (non-hydrogen) atoms. The summed E-state index contributed by atoms with van der Waals surface area (Å²) < 4.78 is 0. The molecule has 1 aliphatic rings. The highest BCUT2D eigenvalue weighted by atomic mass is 32.1. The van der Waals surface area contributed by atoms with Crippen LogP contribution in [0.4, 0.5) is 0 Å². The van der Waals surface area contributed by atoms with Gasteiger partial charge in [0.05, 0.1) is 12.2 Å². The number of hydrogen-bond acceptors (Lipinski definition) is 5. The maximum absolute atomic E-state index is 12.1. The second kappa shape index (κ2) is 7.00. The highest BCUT2D eigenvalue weighted by molar-refractivity contribution is 7.13. The highest BCUT2D eigenvalue weighted by Gasteiger charge is 2.25. The minimum absolute atomic E-state index is 0.0372. The number of thiazole rings is 1. The molecule has 116 valence electrons. The lowest BCUT2D eigenvalue weighted by Gasteiger charge is -2.26. The summed E-state index contributed by atoms with van der Waals surface area (Å²) in [6.45, 7) is 2.67. The standard InChI is InChI=1S/C14H21N3O3S/c1-8-12(14(19)20)21-11(17-8)7-16-13(18)10-4-2-9(6-15)3-5-10/h9-10H,2-7,15H2,1H3,(H,16,18)(H,19,20). The molecule has 0 aromatic carbocycles. The summed E-state index contributed by atoms with van der Waals surface area (Å²) in [5.74, 6) is -0.334. The van der Waals surface area contributed by atoms with Crippen molar-refractivity contribution in [3.05, 3.63) is 15.6 Å². The van der Waals surface area contributed by atoms with Crippen LogP contribution in [-0.4, -0.2) is 28.5 Å². The van der Waals surface area contributed by atoms with E-state index in [0.29, 0.717) is 29.7 Å². The summed E-state index contributed by atoms with van der Waals surface area (Å²) in [4.78, 5) is 27.5. The number of carbonyl (C=O) groups is 2. The van der Waals surface area contributed by atoms with Crippen LogP contribution in [0.3, 0.4) is 0 Å². The van der Waals surface area contributed by atoms with Crippen molar-refractivity contribution in [1.29, 1.82) is 0 Å². The topological polar surface area (TPSA) is 105 Å². The third-order valence-electron chi connectivity index (χ3n) is 4.00. The minimum atomic E-state index is -0.970. The van der Waals surface area contributed by atoms with Crippen molar-refractivity contribution in [2.45, 2.75) is 39.2 Å². The minimum Gasteiger partial charge on any atom is -0.477 e. The van der Waals surface area contributed by atoms with Gasteiger partial charge in [-0.15, -0.1) is 11.3 Å². The SMILES string of the molecule is Cc1nc(CNC(=O)C2CCC(CN)CC2)sc1C(=O)O. The Hall–Kier alpha value is -1.47. The number of aromatic carboxylic acids is 1. The predicted octanol–water partition coefficient (Wildman–Crippen LogP) is 1.53. The maximum Gasteiger partial charge on any atom is 0.347 e. The van der Waals surface area contributed by atoms with Gasteiger partial charge in [-0.25, -0.2) is 9.78 Å². The molecule has 0 atom stereocenters. The summed E-state index contributed by atoms with van der Waals surface area (Å²) in [6, 6.07) is 0. The summed E-state index contributed by atoms with van der Waals surface area (Å²) in [5.41, 5.74) is 6.15. The molecule has 1 fully saturated rings. The molecule has 7 heteroatoms. The van der Waals surface area contributed by atoms with E-state index in [2.05, 4.69) is 10.3 Å². The molecule has 6 nitrogen and oxygen atoms in total. The zero-order chi connectivity index (χ0) is 15.4. The quantitative estimate of drug-likeness (QED) is 0.765. The maximum atomic E-state index is 12.1. The Balaban J connectivity index is 1.84. The van der Waals surface area contributed by atoms with Crippen LogP contribution in [0.1, 0.15) is 46.1 Å². The van der Waals surface area contributed by atoms with Crippen LogP contribution in [0, 0.1) is 18.8 Å². The molecule has 0 spiro atoms. The number of nitrogens with one attached hydrogen (secondary N) is 1. The molecule has 1 aromatic heterocycles. The van der Waals surface area contributed by atoms with E-state index in [1.165, 1.54) is 0 Å². The Morgan fingerprint density at radius 1 is 1.38 bits per heavy atom. The number of carbonyl (C=O) groups excluding carboxylic acids is 1. The van der Waals surface area contributed by atoms with Gasteiger partial charge in [-0.05, 0) is 45.1 Å². The molecule has 0 unspecified atom stereocenters. The van der Waals surface area contributed by atoms with Crippen LogP contribution in [0.15, 0.2) is 0 Å². The van der Waals surface area contributed by atoms with E-state index in [0.717, 1.165) is 37.0 Å². The first-order chi connectivity index (χ1) is 10.0. The van der Waals surface area contributed by atoms with Crippen LogP contribution in [-0.2, 0) is 11.3 Å². The molecule has 0 saturated heterocycles. The van der Waals surface area contributed by atoms with Gasteiger partial charge in [0.1, 0.15) is 9.88 Å². The predicted molar refractivity (Wildman–Crippen MR) is 80.2 cm³/mol. The Kier molecular flexibility index (Phi) is 5.30. The fourth-order valence-corrected chi connectivity index (χ4v) is 3.54. The zero-order valence-electron chi connectivity index (χ0n) is 12.1. The molecule has 4 N–H and O–H groups in total. The summed E-state index contributed by atoms with van der Waals surface area (Å²) in [6.07, 6.45) is 3.78. The first-order valence-corrected chi connectivity index (χ1v) is 8.00. The average molecular weight is 311 g/mol. The lowest BCUT2D eigenvalue weighted by molar-refractivity contribution is -0.126. The smallest absolute Gasteiger partial charge is 0.347 e. The molecular formula is C14H21N3O3S. The molecule has 1 saturated carbocycles. The first kappa shape index (κ1) is 15.9. The Labute approximate surface area is 127 Å². The number of rotatable bonds is 5. The lowest BCUT2D eigenvalue weighted by atomic mass is 9.81. The van der Waals surface area contributed by atoms with Crippen LogP contribution in [0.25, 0.3) is 0 Å². The van der Waals surface area contributed by atoms with Crippen molar-refractivity contribution in [3.8, 4) is 0 Å². The van der Waals surface area contributed by atoms with E-state index < -0.39 is 5.97 Å². The lowest BCUT2D eigenvalue weighted by Crippen LogP contribution is -2.33. The largest absolute Gasteiger partial charge is 0.477 e. The molecule has 0 bridgehead atoms. The number of amides is 1. The van der Waals surface area contributed by atoms with Gasteiger partial charge in [0.15, 0.2) is 0 Å². The van der Waals surface area contributed by atoms with Gasteiger partial charge >= 0.3 is 5.97 Å². The zero-order valence-corrected chi connectivity index (χ0v) is 12.9. The fraction of sp³-hybridized carbons (Fsp3) is 0.643.